The summed E-state index contributed by atoms with van der Waals surface area (Å²) in [5.74, 6) is -1.60. The molecule has 1 aromatic carbocycles. The molecule has 1 aromatic rings. The number of ether oxygens (including phenoxy) is 2. The molecule has 0 saturated heterocycles. The number of rotatable bonds is 23. The summed E-state index contributed by atoms with van der Waals surface area (Å²) in [5, 5.41) is 0. The molecule has 0 aromatic heterocycles. The average molecular weight is 617 g/mol. The topological polar surface area (TPSA) is 110 Å². The van der Waals surface area contributed by atoms with E-state index < -0.39 is 27.0 Å². The van der Waals surface area contributed by atoms with Gasteiger partial charge in [-0.1, -0.05) is 63.8 Å². The van der Waals surface area contributed by atoms with E-state index in [2.05, 4.69) is 38.2 Å². The van der Waals surface area contributed by atoms with Crippen LogP contribution in [0.2, 0.25) is 0 Å². The third kappa shape index (κ3) is 19.9. The average Bonchev–Trinajstić information content (AvgIpc) is 2.93. The number of allylic oxidation sites excluding steroid dienone is 4. The summed E-state index contributed by atoms with van der Waals surface area (Å²) in [6.07, 6.45) is 25.4. The summed E-state index contributed by atoms with van der Waals surface area (Å²) in [4.78, 5) is 24.8. The molecule has 0 radical (unpaired) electrons. The smallest absolute Gasteiger partial charge is 0.744 e. The number of carbonyl (C=O) groups excluding carboxylic acids is 2. The molecule has 0 amide bonds. The maximum Gasteiger partial charge on any atom is 1.00 e. The minimum Gasteiger partial charge on any atom is -0.744 e. The zero-order valence-corrected chi connectivity index (χ0v) is 29.5. The van der Waals surface area contributed by atoms with Crippen LogP contribution in [0, 0.1) is 0 Å². The summed E-state index contributed by atoms with van der Waals surface area (Å²) >= 11 is 0. The van der Waals surface area contributed by atoms with Gasteiger partial charge in [-0.25, -0.2) is 18.0 Å². The molecule has 0 N–H and O–H groups in total. The van der Waals surface area contributed by atoms with Crippen LogP contribution < -0.4 is 51.4 Å². The summed E-state index contributed by atoms with van der Waals surface area (Å²) in [5.41, 5.74) is -0.384. The SMILES string of the molecule is CCCCC/C=C/CCCCCOC(=O)c1ccc(S(=O)(=O)[O-])cc1C(=O)OCCCCC/C=C/CCCCC.[K+]. The fourth-order valence-corrected chi connectivity index (χ4v) is 4.59. The normalized spacial score (nSPS) is 11.6. The Labute approximate surface area is 291 Å². The van der Waals surface area contributed by atoms with Crippen LogP contribution in [0.25, 0.3) is 0 Å². The van der Waals surface area contributed by atoms with Gasteiger partial charge >= 0.3 is 63.3 Å². The van der Waals surface area contributed by atoms with Crippen molar-refractivity contribution in [1.82, 2.24) is 0 Å². The fraction of sp³-hybridized carbons (Fsp3) is 0.625. The van der Waals surface area contributed by atoms with Crippen molar-refractivity contribution in [3.05, 3.63) is 53.6 Å². The second-order valence-corrected chi connectivity index (χ2v) is 11.4. The van der Waals surface area contributed by atoms with Crippen LogP contribution in [-0.2, 0) is 19.6 Å². The van der Waals surface area contributed by atoms with Gasteiger partial charge in [0.1, 0.15) is 10.1 Å². The van der Waals surface area contributed by atoms with Crippen LogP contribution in [0.1, 0.15) is 137 Å². The molecule has 0 unspecified atom stereocenters. The predicted octanol–water partition coefficient (Wildman–Crippen LogP) is 5.30. The molecule has 1 rings (SSSR count). The molecule has 0 saturated carbocycles. The number of carbonyl (C=O) groups is 2. The molecular weight excluding hydrogens is 568 g/mol. The molecule has 0 aliphatic heterocycles. The van der Waals surface area contributed by atoms with Gasteiger partial charge in [0.05, 0.1) is 29.2 Å². The van der Waals surface area contributed by atoms with Crippen molar-refractivity contribution in [3.63, 3.8) is 0 Å². The van der Waals surface area contributed by atoms with Crippen LogP contribution in [0.4, 0.5) is 0 Å². The summed E-state index contributed by atoms with van der Waals surface area (Å²) < 4.78 is 45.1. The van der Waals surface area contributed by atoms with Gasteiger partial charge in [-0.3, -0.25) is 0 Å². The minimum atomic E-state index is -4.81. The number of benzene rings is 1. The Morgan fingerprint density at radius 2 is 1.07 bits per heavy atom. The van der Waals surface area contributed by atoms with Gasteiger partial charge < -0.3 is 14.0 Å². The van der Waals surface area contributed by atoms with Gasteiger partial charge in [0.25, 0.3) is 0 Å². The van der Waals surface area contributed by atoms with Crippen LogP contribution in [0.3, 0.4) is 0 Å². The molecule has 0 bridgehead atoms. The Kier molecular flexibility index (Phi) is 25.2. The number of hydrogen-bond donors (Lipinski definition) is 0. The summed E-state index contributed by atoms with van der Waals surface area (Å²) in [6.45, 7) is 4.69. The van der Waals surface area contributed by atoms with Crippen LogP contribution in [0.15, 0.2) is 47.4 Å². The van der Waals surface area contributed by atoms with Crippen molar-refractivity contribution in [3.8, 4) is 0 Å². The quantitative estimate of drug-likeness (QED) is 0.0539. The third-order valence-corrected chi connectivity index (χ3v) is 7.33. The van der Waals surface area contributed by atoms with E-state index in [-0.39, 0.29) is 75.7 Å². The molecule has 0 fully saturated rings. The molecule has 0 atom stereocenters. The Balaban J connectivity index is 0.0000160. The van der Waals surface area contributed by atoms with E-state index in [0.29, 0.717) is 12.8 Å². The van der Waals surface area contributed by atoms with Crippen molar-refractivity contribution in [2.24, 2.45) is 0 Å². The van der Waals surface area contributed by atoms with Gasteiger partial charge in [0.15, 0.2) is 0 Å². The minimum absolute atomic E-state index is 0. The van der Waals surface area contributed by atoms with Crippen molar-refractivity contribution in [2.75, 3.05) is 13.2 Å². The first-order chi connectivity index (χ1) is 19.3. The molecule has 0 aliphatic rings. The molecule has 0 spiro atoms. The van der Waals surface area contributed by atoms with E-state index in [1.54, 1.807) is 0 Å². The maximum absolute atomic E-state index is 12.7. The first kappa shape index (κ1) is 40.2. The monoisotopic (exact) mass is 616 g/mol. The van der Waals surface area contributed by atoms with Crippen molar-refractivity contribution in [1.29, 1.82) is 0 Å². The van der Waals surface area contributed by atoms with Gasteiger partial charge in [-0.05, 0) is 95.2 Å². The molecular formula is C32H49KO7S. The second kappa shape index (κ2) is 25.7. The first-order valence-corrected chi connectivity index (χ1v) is 16.5. The van der Waals surface area contributed by atoms with Gasteiger partial charge in [-0.15, -0.1) is 0 Å². The van der Waals surface area contributed by atoms with Crippen molar-refractivity contribution >= 4 is 22.1 Å². The van der Waals surface area contributed by atoms with E-state index in [0.717, 1.165) is 69.6 Å². The largest absolute Gasteiger partial charge is 1.00 e. The van der Waals surface area contributed by atoms with E-state index >= 15 is 0 Å². The van der Waals surface area contributed by atoms with Gasteiger partial charge in [0.2, 0.25) is 0 Å². The van der Waals surface area contributed by atoms with Crippen LogP contribution >= 0.6 is 0 Å². The molecule has 9 heteroatoms. The van der Waals surface area contributed by atoms with Crippen LogP contribution in [-0.4, -0.2) is 38.1 Å². The zero-order chi connectivity index (χ0) is 29.5. The molecule has 7 nitrogen and oxygen atoms in total. The Hall–Kier alpha value is -0.814. The summed E-state index contributed by atoms with van der Waals surface area (Å²) in [6, 6.07) is 3.05. The van der Waals surface area contributed by atoms with Gasteiger partial charge in [-0.2, -0.15) is 0 Å². The van der Waals surface area contributed by atoms with E-state index in [9.17, 15) is 22.6 Å². The number of esters is 2. The van der Waals surface area contributed by atoms with Gasteiger partial charge in [0, 0.05) is 0 Å². The Bertz CT molecular complexity index is 1020. The van der Waals surface area contributed by atoms with Crippen molar-refractivity contribution < 1.29 is 83.4 Å². The standard InChI is InChI=1S/C32H50O7S.K/c1-3-5-7-9-11-13-15-17-19-21-25-38-31(33)29-24-23-28(40(35,36)37)27-30(29)32(34)39-26-22-20-18-16-14-12-10-8-6-4-2;/h11-14,23-24,27H,3-10,15-22,25-26H2,1-2H3,(H,35,36,37);/q;+1/p-1/b13-11+,14-12+;. The maximum atomic E-state index is 12.7. The Morgan fingerprint density at radius 1 is 0.659 bits per heavy atom. The number of unbranched alkanes of at least 4 members (excludes halogenated alkanes) is 12. The zero-order valence-electron chi connectivity index (χ0n) is 25.5. The first-order valence-electron chi connectivity index (χ1n) is 15.0. The number of hydrogen-bond acceptors (Lipinski definition) is 7. The predicted molar refractivity (Wildman–Crippen MR) is 158 cm³/mol. The Morgan fingerprint density at radius 3 is 1.49 bits per heavy atom. The molecule has 226 valence electrons. The van der Waals surface area contributed by atoms with E-state index in [4.69, 9.17) is 9.47 Å². The van der Waals surface area contributed by atoms with Crippen molar-refractivity contribution in [2.45, 2.75) is 121 Å². The molecule has 0 aliphatic carbocycles. The van der Waals surface area contributed by atoms with Crippen LogP contribution in [0.5, 0.6) is 0 Å². The summed E-state index contributed by atoms with van der Waals surface area (Å²) in [7, 11) is -4.81. The fourth-order valence-electron chi connectivity index (χ4n) is 4.09. The van der Waals surface area contributed by atoms with E-state index in [1.165, 1.54) is 38.5 Å². The van der Waals surface area contributed by atoms with E-state index in [1.807, 2.05) is 0 Å². The molecule has 41 heavy (non-hydrogen) atoms. The second-order valence-electron chi connectivity index (χ2n) is 10.1. The third-order valence-electron chi connectivity index (χ3n) is 6.50. The molecule has 0 heterocycles.